The highest BCUT2D eigenvalue weighted by molar-refractivity contribution is 8.02. The number of hydrogen-bond acceptors (Lipinski definition) is 8. The van der Waals surface area contributed by atoms with Crippen LogP contribution >= 0.6 is 11.8 Å². The number of nitrogens with one attached hydrogen (secondary N) is 1. The molecule has 1 saturated heterocycles. The molecule has 5 rings (SSSR count). The molecule has 3 atom stereocenters. The third-order valence-corrected chi connectivity index (χ3v) is 8.92. The number of benzene rings is 2. The zero-order valence-electron chi connectivity index (χ0n) is 23.8. The molecular weight excluding hydrogens is 587 g/mol. The molecule has 0 spiro atoms. The molecule has 43 heavy (non-hydrogen) atoms. The van der Waals surface area contributed by atoms with Gasteiger partial charge in [-0.3, -0.25) is 13.9 Å². The van der Waals surface area contributed by atoms with E-state index >= 15 is 0 Å². The molecular formula is C32H31N3O6S2. The molecule has 2 aromatic carbocycles. The van der Waals surface area contributed by atoms with E-state index in [4.69, 9.17) is 9.47 Å². The molecule has 1 aromatic heterocycles. The summed E-state index contributed by atoms with van der Waals surface area (Å²) in [6.07, 6.45) is 1.77. The fraction of sp³-hybridized carbons (Fsp3) is 0.250. The summed E-state index contributed by atoms with van der Waals surface area (Å²) in [5.74, 6) is -1.34. The Balaban J connectivity index is 1.48. The lowest BCUT2D eigenvalue weighted by Crippen LogP contribution is -2.73. The fourth-order valence-electron chi connectivity index (χ4n) is 4.71. The summed E-state index contributed by atoms with van der Waals surface area (Å²) in [6, 6.07) is 23.0. The van der Waals surface area contributed by atoms with Gasteiger partial charge in [-0.05, 0) is 61.1 Å². The number of ether oxygens (including phenoxy) is 2. The topological polar surface area (TPSA) is 115 Å². The molecule has 2 unspecified atom stereocenters. The third-order valence-electron chi connectivity index (χ3n) is 6.55. The van der Waals surface area contributed by atoms with Crippen LogP contribution in [0, 0.1) is 0 Å². The highest BCUT2D eigenvalue weighted by atomic mass is 32.2. The first-order valence-corrected chi connectivity index (χ1v) is 15.9. The van der Waals surface area contributed by atoms with Gasteiger partial charge in [-0.25, -0.2) is 14.6 Å². The van der Waals surface area contributed by atoms with Crippen LogP contribution in [-0.2, 0) is 29.9 Å². The van der Waals surface area contributed by atoms with Crippen molar-refractivity contribution in [1.82, 2.24) is 15.2 Å². The number of carbonyl (C=O) groups excluding carboxylic acids is 3. The average molecular weight is 618 g/mol. The molecule has 2 aliphatic heterocycles. The number of nitrogens with zero attached hydrogens (tertiary/aromatic N) is 2. The number of rotatable bonds is 8. The van der Waals surface area contributed by atoms with Crippen molar-refractivity contribution in [3.05, 3.63) is 119 Å². The number of β-lactam (4-membered cyclic amide) rings is 1. The van der Waals surface area contributed by atoms with Crippen molar-refractivity contribution < 1.29 is 28.1 Å². The van der Waals surface area contributed by atoms with Crippen LogP contribution < -0.4 is 5.32 Å². The molecule has 1 fully saturated rings. The minimum absolute atomic E-state index is 0.00780. The van der Waals surface area contributed by atoms with E-state index in [1.807, 2.05) is 78.9 Å². The fourth-order valence-corrected chi connectivity index (χ4v) is 7.00. The van der Waals surface area contributed by atoms with Crippen LogP contribution in [0.25, 0.3) is 0 Å². The van der Waals surface area contributed by atoms with Gasteiger partial charge >= 0.3 is 12.1 Å². The molecule has 0 aliphatic carbocycles. The molecule has 11 heteroatoms. The molecule has 0 radical (unpaired) electrons. The highest BCUT2D eigenvalue weighted by Gasteiger charge is 2.57. The van der Waals surface area contributed by atoms with Gasteiger partial charge in [0.25, 0.3) is 5.91 Å². The Morgan fingerprint density at radius 1 is 1.02 bits per heavy atom. The number of carbonyl (C=O) groups is 3. The van der Waals surface area contributed by atoms with Crippen LogP contribution in [0.15, 0.2) is 113 Å². The highest BCUT2D eigenvalue weighted by Crippen LogP contribution is 2.38. The van der Waals surface area contributed by atoms with Crippen molar-refractivity contribution >= 4 is 40.5 Å². The third kappa shape index (κ3) is 7.06. The standard InChI is InChI=1S/C32H31N3O6S2/c1-32(2,3)41-31(38)34-25-28(36)35-26(23(20-43(39)29(25)35)17-19-42-24-16-10-11-18-33-24)30(37)40-27(21-12-6-4-7-13-21)22-14-8-5-9-15-22/h4-19,25,27,29H,20H2,1-3H3,(H,34,38)/t25?,29-,43?/m1/s1. The lowest BCUT2D eigenvalue weighted by Gasteiger charge is -2.49. The summed E-state index contributed by atoms with van der Waals surface area (Å²) in [5, 5.41) is 4.05. The predicted octanol–water partition coefficient (Wildman–Crippen LogP) is 5.10. The van der Waals surface area contributed by atoms with E-state index in [0.717, 1.165) is 16.2 Å². The number of allylic oxidation sites excluding steroid dienone is 1. The van der Waals surface area contributed by atoms with Gasteiger partial charge in [-0.2, -0.15) is 0 Å². The van der Waals surface area contributed by atoms with Gasteiger partial charge in [-0.1, -0.05) is 78.5 Å². The zero-order chi connectivity index (χ0) is 30.6. The van der Waals surface area contributed by atoms with Crippen molar-refractivity contribution in [3.63, 3.8) is 0 Å². The number of fused-ring (bicyclic) bond motifs is 1. The average Bonchev–Trinajstić information content (AvgIpc) is 2.99. The molecule has 1 N–H and O–H groups in total. The SMILES string of the molecule is CC(C)(C)OC(=O)NC1C(=O)N2C(C(=O)OC(c3ccccc3)c3ccccc3)=C(C=CSc3ccccn3)CS(=O)[C@H]12. The van der Waals surface area contributed by atoms with Crippen molar-refractivity contribution in [2.75, 3.05) is 5.75 Å². The maximum atomic E-state index is 14.0. The Kier molecular flexibility index (Phi) is 9.12. The molecule has 222 valence electrons. The maximum Gasteiger partial charge on any atom is 0.408 e. The lowest BCUT2D eigenvalue weighted by atomic mass is 10.0. The normalized spacial score (nSPS) is 20.0. The number of pyridine rings is 1. The molecule has 3 heterocycles. The van der Waals surface area contributed by atoms with Crippen LogP contribution in [0.4, 0.5) is 4.79 Å². The van der Waals surface area contributed by atoms with E-state index in [0.29, 0.717) is 5.57 Å². The second-order valence-corrected chi connectivity index (χ2v) is 13.3. The Morgan fingerprint density at radius 2 is 1.65 bits per heavy atom. The quantitative estimate of drug-likeness (QED) is 0.211. The minimum atomic E-state index is -1.63. The van der Waals surface area contributed by atoms with Crippen LogP contribution in [0.2, 0.25) is 0 Å². The van der Waals surface area contributed by atoms with Crippen LogP contribution in [0.5, 0.6) is 0 Å². The molecule has 3 aromatic rings. The van der Waals surface area contributed by atoms with Gasteiger partial charge in [-0.15, -0.1) is 0 Å². The van der Waals surface area contributed by atoms with Crippen LogP contribution in [-0.4, -0.2) is 54.8 Å². The summed E-state index contributed by atoms with van der Waals surface area (Å²) in [6.45, 7) is 5.11. The zero-order valence-corrected chi connectivity index (χ0v) is 25.5. The van der Waals surface area contributed by atoms with Crippen molar-refractivity contribution in [3.8, 4) is 0 Å². The predicted molar refractivity (Wildman–Crippen MR) is 164 cm³/mol. The van der Waals surface area contributed by atoms with Crippen molar-refractivity contribution in [2.24, 2.45) is 0 Å². The monoisotopic (exact) mass is 617 g/mol. The Morgan fingerprint density at radius 3 is 2.23 bits per heavy atom. The maximum absolute atomic E-state index is 14.0. The van der Waals surface area contributed by atoms with E-state index in [1.54, 1.807) is 38.5 Å². The van der Waals surface area contributed by atoms with E-state index in [1.165, 1.54) is 16.7 Å². The number of alkyl carbamates (subject to hydrolysis) is 1. The smallest absolute Gasteiger partial charge is 0.408 e. The number of thioether (sulfide) groups is 1. The second-order valence-electron chi connectivity index (χ2n) is 10.8. The van der Waals surface area contributed by atoms with Crippen molar-refractivity contribution in [1.29, 1.82) is 0 Å². The van der Waals surface area contributed by atoms with Crippen LogP contribution in [0.1, 0.15) is 38.0 Å². The Labute approximate surface area is 256 Å². The molecule has 2 amide bonds. The lowest BCUT2D eigenvalue weighted by molar-refractivity contribution is -0.153. The van der Waals surface area contributed by atoms with Gasteiger partial charge in [0.2, 0.25) is 0 Å². The number of aromatic nitrogens is 1. The van der Waals surface area contributed by atoms with E-state index in [2.05, 4.69) is 10.3 Å². The second kappa shape index (κ2) is 13.0. The Bertz CT molecular complexity index is 1530. The first-order valence-electron chi connectivity index (χ1n) is 13.6. The number of amides is 2. The van der Waals surface area contributed by atoms with Gasteiger partial charge in [0.15, 0.2) is 6.10 Å². The molecule has 0 saturated carbocycles. The number of esters is 1. The number of hydrogen-bond donors (Lipinski definition) is 1. The molecule has 9 nitrogen and oxygen atoms in total. The summed E-state index contributed by atoms with van der Waals surface area (Å²) < 4.78 is 24.9. The summed E-state index contributed by atoms with van der Waals surface area (Å²) in [5.41, 5.74) is 1.09. The van der Waals surface area contributed by atoms with Gasteiger partial charge in [0.05, 0.1) is 16.6 Å². The first kappa shape index (κ1) is 30.2. The largest absolute Gasteiger partial charge is 0.448 e. The van der Waals surface area contributed by atoms with Gasteiger partial charge < -0.3 is 14.8 Å². The van der Waals surface area contributed by atoms with E-state index in [-0.39, 0.29) is 11.4 Å². The van der Waals surface area contributed by atoms with E-state index in [9.17, 15) is 18.6 Å². The van der Waals surface area contributed by atoms with Gasteiger partial charge in [0, 0.05) is 6.20 Å². The summed E-state index contributed by atoms with van der Waals surface area (Å²) >= 11 is 1.32. The summed E-state index contributed by atoms with van der Waals surface area (Å²) in [7, 11) is -1.63. The molecule has 0 bridgehead atoms. The Hall–Kier alpha value is -4.22. The summed E-state index contributed by atoms with van der Waals surface area (Å²) in [4.78, 5) is 45.4. The first-order chi connectivity index (χ1) is 20.6. The van der Waals surface area contributed by atoms with Crippen LogP contribution in [0.3, 0.4) is 0 Å². The van der Waals surface area contributed by atoms with Gasteiger partial charge in [0.1, 0.15) is 27.7 Å². The van der Waals surface area contributed by atoms with Crippen molar-refractivity contribution in [2.45, 2.75) is 48.9 Å². The molecule has 2 aliphatic rings. The minimum Gasteiger partial charge on any atom is -0.448 e. The van der Waals surface area contributed by atoms with E-state index < -0.39 is 51.9 Å².